The van der Waals surface area contributed by atoms with Gasteiger partial charge < -0.3 is 10.3 Å². The fourth-order valence-electron chi connectivity index (χ4n) is 2.64. The first-order valence-corrected chi connectivity index (χ1v) is 6.93. The Labute approximate surface area is 126 Å². The van der Waals surface area contributed by atoms with Gasteiger partial charge in [0.15, 0.2) is 17.5 Å². The number of hydrogen-bond donors (Lipinski definition) is 1. The molecule has 0 aliphatic rings. The molecule has 0 atom stereocenters. The van der Waals surface area contributed by atoms with Crippen LogP contribution in [0.2, 0.25) is 0 Å². The first-order valence-electron chi connectivity index (χ1n) is 6.93. The molecule has 114 valence electrons. The lowest BCUT2D eigenvalue weighted by atomic mass is 10.0. The molecule has 0 aliphatic heterocycles. The van der Waals surface area contributed by atoms with Crippen LogP contribution < -0.4 is 5.73 Å². The first-order chi connectivity index (χ1) is 10.4. The molecule has 0 saturated carbocycles. The van der Waals surface area contributed by atoms with Crippen molar-refractivity contribution in [2.24, 2.45) is 0 Å². The highest BCUT2D eigenvalue weighted by molar-refractivity contribution is 5.97. The highest BCUT2D eigenvalue weighted by Gasteiger charge is 2.16. The van der Waals surface area contributed by atoms with Crippen LogP contribution >= 0.6 is 0 Å². The number of anilines is 1. The van der Waals surface area contributed by atoms with Crippen LogP contribution in [0.25, 0.3) is 22.0 Å². The SMILES string of the molecule is CC(C)n1cc(-c2cc(F)c(F)c(F)c2)c2ccc(N)cc21. The number of halogens is 3. The van der Waals surface area contributed by atoms with Crippen molar-refractivity contribution in [1.82, 2.24) is 4.57 Å². The van der Waals surface area contributed by atoms with E-state index in [9.17, 15) is 13.2 Å². The second kappa shape index (κ2) is 5.09. The summed E-state index contributed by atoms with van der Waals surface area (Å²) in [6, 6.07) is 7.51. The van der Waals surface area contributed by atoms with Gasteiger partial charge in [0.05, 0.1) is 5.52 Å². The fraction of sp³-hybridized carbons (Fsp3) is 0.176. The molecule has 1 aromatic heterocycles. The van der Waals surface area contributed by atoms with Crippen molar-refractivity contribution in [1.29, 1.82) is 0 Å². The average molecular weight is 304 g/mol. The van der Waals surface area contributed by atoms with E-state index in [1.807, 2.05) is 24.5 Å². The van der Waals surface area contributed by atoms with Crippen molar-refractivity contribution in [2.45, 2.75) is 19.9 Å². The Kier molecular flexibility index (Phi) is 3.35. The van der Waals surface area contributed by atoms with Crippen LogP contribution in [0, 0.1) is 17.5 Å². The van der Waals surface area contributed by atoms with Crippen molar-refractivity contribution in [2.75, 3.05) is 5.73 Å². The topological polar surface area (TPSA) is 30.9 Å². The fourth-order valence-corrected chi connectivity index (χ4v) is 2.64. The number of benzene rings is 2. The number of aromatic nitrogens is 1. The van der Waals surface area contributed by atoms with Crippen molar-refractivity contribution >= 4 is 16.6 Å². The Bertz CT molecular complexity index is 843. The van der Waals surface area contributed by atoms with Gasteiger partial charge in [-0.2, -0.15) is 0 Å². The molecule has 0 spiro atoms. The summed E-state index contributed by atoms with van der Waals surface area (Å²) >= 11 is 0. The highest BCUT2D eigenvalue weighted by Crippen LogP contribution is 2.34. The van der Waals surface area contributed by atoms with Crippen LogP contribution in [-0.2, 0) is 0 Å². The van der Waals surface area contributed by atoms with Crippen LogP contribution in [0.5, 0.6) is 0 Å². The predicted octanol–water partition coefficient (Wildman–Crippen LogP) is 4.89. The Morgan fingerprint density at radius 1 is 1.00 bits per heavy atom. The summed E-state index contributed by atoms with van der Waals surface area (Å²) in [6.07, 6.45) is 1.81. The monoisotopic (exact) mass is 304 g/mol. The number of rotatable bonds is 2. The third kappa shape index (κ3) is 2.22. The van der Waals surface area contributed by atoms with Crippen molar-refractivity contribution in [3.63, 3.8) is 0 Å². The summed E-state index contributed by atoms with van der Waals surface area (Å²) in [5.41, 5.74) is 8.24. The first kappa shape index (κ1) is 14.5. The zero-order chi connectivity index (χ0) is 16.0. The van der Waals surface area contributed by atoms with E-state index in [4.69, 9.17) is 5.73 Å². The minimum absolute atomic E-state index is 0.146. The van der Waals surface area contributed by atoms with Gasteiger partial charge in [0.25, 0.3) is 0 Å². The summed E-state index contributed by atoms with van der Waals surface area (Å²) in [4.78, 5) is 0. The lowest BCUT2D eigenvalue weighted by molar-refractivity contribution is 0.448. The molecule has 2 nitrogen and oxygen atoms in total. The van der Waals surface area contributed by atoms with E-state index in [2.05, 4.69) is 0 Å². The highest BCUT2D eigenvalue weighted by atomic mass is 19.2. The molecule has 0 amide bonds. The van der Waals surface area contributed by atoms with Gasteiger partial charge in [-0.25, -0.2) is 13.2 Å². The largest absolute Gasteiger partial charge is 0.399 e. The van der Waals surface area contributed by atoms with E-state index in [1.165, 1.54) is 0 Å². The molecule has 2 aromatic carbocycles. The summed E-state index contributed by atoms with van der Waals surface area (Å²) in [6.45, 7) is 4.00. The van der Waals surface area contributed by atoms with E-state index in [1.54, 1.807) is 18.3 Å². The maximum absolute atomic E-state index is 13.5. The summed E-state index contributed by atoms with van der Waals surface area (Å²) in [5, 5.41) is 0.813. The zero-order valence-corrected chi connectivity index (χ0v) is 12.2. The van der Waals surface area contributed by atoms with Gasteiger partial charge in [-0.15, -0.1) is 0 Å². The molecule has 22 heavy (non-hydrogen) atoms. The molecule has 0 aliphatic carbocycles. The van der Waals surface area contributed by atoms with E-state index in [0.29, 0.717) is 16.8 Å². The van der Waals surface area contributed by atoms with Gasteiger partial charge in [-0.05, 0) is 43.7 Å². The van der Waals surface area contributed by atoms with E-state index < -0.39 is 17.5 Å². The molecule has 0 radical (unpaired) electrons. The Morgan fingerprint density at radius 3 is 2.23 bits per heavy atom. The molecule has 2 N–H and O–H groups in total. The third-order valence-corrected chi connectivity index (χ3v) is 3.71. The average Bonchev–Trinajstić information content (AvgIpc) is 2.83. The second-order valence-corrected chi connectivity index (χ2v) is 5.57. The smallest absolute Gasteiger partial charge is 0.194 e. The lowest BCUT2D eigenvalue weighted by Gasteiger charge is -2.09. The molecular formula is C17H15F3N2. The van der Waals surface area contributed by atoms with Gasteiger partial charge in [-0.3, -0.25) is 0 Å². The molecule has 0 fully saturated rings. The summed E-state index contributed by atoms with van der Waals surface area (Å²) in [7, 11) is 0. The number of hydrogen-bond acceptors (Lipinski definition) is 1. The van der Waals surface area contributed by atoms with Gasteiger partial charge in [0.2, 0.25) is 0 Å². The van der Waals surface area contributed by atoms with Crippen LogP contribution in [0.4, 0.5) is 18.9 Å². The second-order valence-electron chi connectivity index (χ2n) is 5.57. The van der Waals surface area contributed by atoms with Gasteiger partial charge in [0.1, 0.15) is 0 Å². The number of nitrogens with two attached hydrogens (primary N) is 1. The van der Waals surface area contributed by atoms with Crippen molar-refractivity contribution < 1.29 is 13.2 Å². The van der Waals surface area contributed by atoms with E-state index >= 15 is 0 Å². The number of fused-ring (bicyclic) bond motifs is 1. The quantitative estimate of drug-likeness (QED) is 0.530. The van der Waals surface area contributed by atoms with E-state index in [-0.39, 0.29) is 6.04 Å². The van der Waals surface area contributed by atoms with E-state index in [0.717, 1.165) is 23.0 Å². The molecule has 0 unspecified atom stereocenters. The standard InChI is InChI=1S/C17H15F3N2/c1-9(2)22-8-13(12-4-3-11(21)7-16(12)22)10-5-14(18)17(20)15(19)6-10/h3-9H,21H2,1-2H3. The molecule has 0 bridgehead atoms. The van der Waals surface area contributed by atoms with Crippen molar-refractivity contribution in [3.8, 4) is 11.1 Å². The number of nitrogens with zero attached hydrogens (tertiary/aromatic N) is 1. The van der Waals surface area contributed by atoms with Crippen LogP contribution in [0.1, 0.15) is 19.9 Å². The van der Waals surface area contributed by atoms with Gasteiger partial charge >= 0.3 is 0 Å². The number of nitrogen functional groups attached to an aromatic ring is 1. The molecule has 3 aromatic rings. The third-order valence-electron chi connectivity index (χ3n) is 3.71. The summed E-state index contributed by atoms with van der Waals surface area (Å²) < 4.78 is 42.2. The van der Waals surface area contributed by atoms with Crippen LogP contribution in [0.3, 0.4) is 0 Å². The minimum atomic E-state index is -1.46. The normalized spacial score (nSPS) is 11.5. The molecule has 0 saturated heterocycles. The Balaban J connectivity index is 2.32. The zero-order valence-electron chi connectivity index (χ0n) is 12.2. The minimum Gasteiger partial charge on any atom is -0.399 e. The molecule has 3 rings (SSSR count). The maximum Gasteiger partial charge on any atom is 0.194 e. The lowest BCUT2D eigenvalue weighted by Crippen LogP contribution is -1.98. The van der Waals surface area contributed by atoms with Crippen LogP contribution in [0.15, 0.2) is 36.5 Å². The molecule has 5 heteroatoms. The van der Waals surface area contributed by atoms with Crippen molar-refractivity contribution in [3.05, 3.63) is 54.0 Å². The van der Waals surface area contributed by atoms with Crippen LogP contribution in [-0.4, -0.2) is 4.57 Å². The predicted molar refractivity (Wildman–Crippen MR) is 82.0 cm³/mol. The molecular weight excluding hydrogens is 289 g/mol. The Hall–Kier alpha value is -2.43. The van der Waals surface area contributed by atoms with Gasteiger partial charge in [0, 0.05) is 28.9 Å². The Morgan fingerprint density at radius 2 is 1.64 bits per heavy atom. The maximum atomic E-state index is 13.5. The molecule has 1 heterocycles. The summed E-state index contributed by atoms with van der Waals surface area (Å²) in [5.74, 6) is -3.85. The van der Waals surface area contributed by atoms with Gasteiger partial charge in [-0.1, -0.05) is 6.07 Å².